The Bertz CT molecular complexity index is 737. The Hall–Kier alpha value is -1.96. The molecule has 0 saturated heterocycles. The van der Waals surface area contributed by atoms with E-state index in [2.05, 4.69) is 10.3 Å². The lowest BCUT2D eigenvalue weighted by Crippen LogP contribution is -2.21. The van der Waals surface area contributed by atoms with Crippen LogP contribution in [-0.4, -0.2) is 30.6 Å². The SMILES string of the molecule is COCc1nc(C(=O)OCC(=O)Nc2c(C)cc(C)cc2Cl)cs1. The number of methoxy groups -OCH3 is 1. The number of hydrogen-bond donors (Lipinski definition) is 1. The third-order valence-electron chi connectivity index (χ3n) is 3.06. The highest BCUT2D eigenvalue weighted by Crippen LogP contribution is 2.27. The van der Waals surface area contributed by atoms with Crippen molar-refractivity contribution in [1.29, 1.82) is 0 Å². The number of nitrogens with zero attached hydrogens (tertiary/aromatic N) is 1. The minimum atomic E-state index is -0.657. The number of hydrogen-bond acceptors (Lipinski definition) is 6. The number of aryl methyl sites for hydroxylation is 2. The summed E-state index contributed by atoms with van der Waals surface area (Å²) in [6, 6.07) is 3.66. The normalized spacial score (nSPS) is 10.5. The van der Waals surface area contributed by atoms with Crippen LogP contribution in [0.25, 0.3) is 0 Å². The standard InChI is InChI=1S/C16H17ClN2O4S/c1-9-4-10(2)15(11(17)5-9)19-13(20)6-23-16(21)12-8-24-14(18-12)7-22-3/h4-5,8H,6-7H2,1-3H3,(H,19,20). The van der Waals surface area contributed by atoms with Crippen LogP contribution in [-0.2, 0) is 20.9 Å². The van der Waals surface area contributed by atoms with E-state index >= 15 is 0 Å². The van der Waals surface area contributed by atoms with Crippen LogP contribution in [0.3, 0.4) is 0 Å². The van der Waals surface area contributed by atoms with Crippen molar-refractivity contribution in [2.45, 2.75) is 20.5 Å². The molecule has 8 heteroatoms. The highest BCUT2D eigenvalue weighted by molar-refractivity contribution is 7.09. The second kappa shape index (κ2) is 8.23. The van der Waals surface area contributed by atoms with Crippen molar-refractivity contribution >= 4 is 40.5 Å². The number of aromatic nitrogens is 1. The van der Waals surface area contributed by atoms with Gasteiger partial charge in [-0.05, 0) is 31.0 Å². The van der Waals surface area contributed by atoms with E-state index in [9.17, 15) is 9.59 Å². The molecular formula is C16H17ClN2O4S. The lowest BCUT2D eigenvalue weighted by molar-refractivity contribution is -0.119. The molecule has 0 fully saturated rings. The van der Waals surface area contributed by atoms with Gasteiger partial charge in [0, 0.05) is 12.5 Å². The van der Waals surface area contributed by atoms with Crippen molar-refractivity contribution in [3.05, 3.63) is 44.4 Å². The van der Waals surface area contributed by atoms with Crippen LogP contribution in [0.2, 0.25) is 5.02 Å². The van der Waals surface area contributed by atoms with Crippen LogP contribution in [0.5, 0.6) is 0 Å². The average molecular weight is 369 g/mol. The van der Waals surface area contributed by atoms with Crippen LogP contribution in [0.15, 0.2) is 17.5 Å². The van der Waals surface area contributed by atoms with Crippen LogP contribution in [0, 0.1) is 13.8 Å². The first-order valence-electron chi connectivity index (χ1n) is 7.07. The van der Waals surface area contributed by atoms with Crippen molar-refractivity contribution in [1.82, 2.24) is 4.98 Å². The number of benzene rings is 1. The van der Waals surface area contributed by atoms with Crippen LogP contribution >= 0.6 is 22.9 Å². The topological polar surface area (TPSA) is 77.5 Å². The zero-order valence-electron chi connectivity index (χ0n) is 13.5. The molecule has 24 heavy (non-hydrogen) atoms. The lowest BCUT2D eigenvalue weighted by Gasteiger charge is -2.11. The molecule has 2 aromatic rings. The molecule has 1 aromatic carbocycles. The van der Waals surface area contributed by atoms with Gasteiger partial charge in [-0.25, -0.2) is 9.78 Å². The van der Waals surface area contributed by atoms with Crippen molar-refractivity contribution < 1.29 is 19.1 Å². The second-order valence-corrected chi connectivity index (χ2v) is 6.47. The van der Waals surface area contributed by atoms with Gasteiger partial charge in [-0.1, -0.05) is 17.7 Å². The maximum Gasteiger partial charge on any atom is 0.358 e. The van der Waals surface area contributed by atoms with E-state index in [1.165, 1.54) is 11.3 Å². The Morgan fingerprint density at radius 1 is 1.33 bits per heavy atom. The zero-order valence-corrected chi connectivity index (χ0v) is 15.1. The summed E-state index contributed by atoms with van der Waals surface area (Å²) in [7, 11) is 1.54. The molecule has 0 aliphatic rings. The Balaban J connectivity index is 1.92. The first-order chi connectivity index (χ1) is 11.4. The molecule has 0 unspecified atom stereocenters. The van der Waals surface area contributed by atoms with Crippen molar-refractivity contribution in [3.8, 4) is 0 Å². The van der Waals surface area contributed by atoms with Gasteiger partial charge in [0.2, 0.25) is 0 Å². The number of amides is 1. The van der Waals surface area contributed by atoms with Gasteiger partial charge in [0.1, 0.15) is 5.01 Å². The quantitative estimate of drug-likeness (QED) is 0.791. The molecular weight excluding hydrogens is 352 g/mol. The average Bonchev–Trinajstić information content (AvgIpc) is 2.97. The van der Waals surface area contributed by atoms with E-state index < -0.39 is 18.5 Å². The van der Waals surface area contributed by atoms with Gasteiger partial charge in [0.15, 0.2) is 12.3 Å². The number of rotatable bonds is 6. The summed E-state index contributed by atoms with van der Waals surface area (Å²) >= 11 is 7.42. The monoisotopic (exact) mass is 368 g/mol. The number of esters is 1. The van der Waals surface area contributed by atoms with Crippen LogP contribution < -0.4 is 5.32 Å². The molecule has 0 radical (unpaired) electrons. The highest BCUT2D eigenvalue weighted by atomic mass is 35.5. The molecule has 0 aliphatic heterocycles. The highest BCUT2D eigenvalue weighted by Gasteiger charge is 2.15. The predicted octanol–water partition coefficient (Wildman–Crippen LogP) is 3.36. The summed E-state index contributed by atoms with van der Waals surface area (Å²) in [5.41, 5.74) is 2.50. The molecule has 0 atom stereocenters. The summed E-state index contributed by atoms with van der Waals surface area (Å²) < 4.78 is 9.90. The molecule has 0 aliphatic carbocycles. The fourth-order valence-corrected chi connectivity index (χ4v) is 3.15. The van der Waals surface area contributed by atoms with Gasteiger partial charge in [-0.2, -0.15) is 0 Å². The second-order valence-electron chi connectivity index (χ2n) is 5.12. The molecule has 1 aromatic heterocycles. The van der Waals surface area contributed by atoms with E-state index in [0.717, 1.165) is 11.1 Å². The molecule has 1 amide bonds. The summed E-state index contributed by atoms with van der Waals surface area (Å²) in [6.45, 7) is 3.66. The lowest BCUT2D eigenvalue weighted by atomic mass is 10.1. The van der Waals surface area contributed by atoms with E-state index in [0.29, 0.717) is 22.3 Å². The smallest absolute Gasteiger partial charge is 0.358 e. The van der Waals surface area contributed by atoms with E-state index in [-0.39, 0.29) is 5.69 Å². The van der Waals surface area contributed by atoms with Gasteiger partial charge in [0.25, 0.3) is 5.91 Å². The Labute approximate surface area is 148 Å². The summed E-state index contributed by atoms with van der Waals surface area (Å²) in [5.74, 6) is -1.12. The van der Waals surface area contributed by atoms with Crippen LogP contribution in [0.1, 0.15) is 26.6 Å². The summed E-state index contributed by atoms with van der Waals surface area (Å²) in [5, 5.41) is 5.32. The van der Waals surface area contributed by atoms with Gasteiger partial charge in [0.05, 0.1) is 17.3 Å². The number of anilines is 1. The number of carbonyl (C=O) groups is 2. The third kappa shape index (κ3) is 4.77. The molecule has 0 bridgehead atoms. The van der Waals surface area contributed by atoms with E-state index in [4.69, 9.17) is 21.1 Å². The molecule has 0 saturated carbocycles. The third-order valence-corrected chi connectivity index (χ3v) is 4.18. The number of halogens is 1. The van der Waals surface area contributed by atoms with E-state index in [1.54, 1.807) is 18.6 Å². The minimum absolute atomic E-state index is 0.157. The van der Waals surface area contributed by atoms with E-state index in [1.807, 2.05) is 19.9 Å². The Morgan fingerprint density at radius 3 is 2.75 bits per heavy atom. The molecule has 0 spiro atoms. The first-order valence-corrected chi connectivity index (χ1v) is 8.33. The summed E-state index contributed by atoms with van der Waals surface area (Å²) in [6.07, 6.45) is 0. The van der Waals surface area contributed by atoms with Gasteiger partial charge in [-0.3, -0.25) is 4.79 Å². The molecule has 1 N–H and O–H groups in total. The number of carbonyl (C=O) groups excluding carboxylic acids is 2. The van der Waals surface area contributed by atoms with Crippen LogP contribution in [0.4, 0.5) is 5.69 Å². The number of ether oxygens (including phenoxy) is 2. The zero-order chi connectivity index (χ0) is 17.7. The molecule has 128 valence electrons. The van der Waals surface area contributed by atoms with Gasteiger partial charge >= 0.3 is 5.97 Å². The Morgan fingerprint density at radius 2 is 2.08 bits per heavy atom. The maximum absolute atomic E-state index is 12.0. The number of thiazole rings is 1. The molecule has 6 nitrogen and oxygen atoms in total. The van der Waals surface area contributed by atoms with Gasteiger partial charge < -0.3 is 14.8 Å². The molecule has 1 heterocycles. The number of nitrogens with one attached hydrogen (secondary N) is 1. The van der Waals surface area contributed by atoms with Crippen molar-refractivity contribution in [2.75, 3.05) is 19.0 Å². The van der Waals surface area contributed by atoms with Crippen molar-refractivity contribution in [2.24, 2.45) is 0 Å². The molecule has 2 rings (SSSR count). The fraction of sp³-hybridized carbons (Fsp3) is 0.312. The maximum atomic E-state index is 12.0. The summed E-state index contributed by atoms with van der Waals surface area (Å²) in [4.78, 5) is 27.9. The van der Waals surface area contributed by atoms with Gasteiger partial charge in [-0.15, -0.1) is 11.3 Å². The fourth-order valence-electron chi connectivity index (χ4n) is 2.05. The Kier molecular flexibility index (Phi) is 6.30. The minimum Gasteiger partial charge on any atom is -0.451 e. The largest absolute Gasteiger partial charge is 0.451 e. The first kappa shape index (κ1) is 18.4. The van der Waals surface area contributed by atoms with Crippen molar-refractivity contribution in [3.63, 3.8) is 0 Å². The predicted molar refractivity (Wildman–Crippen MR) is 92.7 cm³/mol.